The van der Waals surface area contributed by atoms with Crippen molar-refractivity contribution >= 4 is 12.3 Å². The van der Waals surface area contributed by atoms with Crippen molar-refractivity contribution in [2.75, 3.05) is 0 Å². The van der Waals surface area contributed by atoms with E-state index in [1.807, 2.05) is 0 Å². The molecule has 11 heavy (non-hydrogen) atoms. The Morgan fingerprint density at radius 2 is 2.27 bits per heavy atom. The van der Waals surface area contributed by atoms with Crippen LogP contribution < -0.4 is 0 Å². The van der Waals surface area contributed by atoms with Crippen molar-refractivity contribution in [3.63, 3.8) is 0 Å². The highest BCUT2D eigenvalue weighted by Crippen LogP contribution is 2.26. The molecule has 0 bridgehead atoms. The number of esters is 1. The molecule has 0 heterocycles. The number of rotatable bonds is 2. The third-order valence-corrected chi connectivity index (χ3v) is 2.00. The van der Waals surface area contributed by atoms with Crippen molar-refractivity contribution in [2.45, 2.75) is 32.3 Å². The molecule has 0 aromatic heterocycles. The summed E-state index contributed by atoms with van der Waals surface area (Å²) in [5.41, 5.74) is 0. The summed E-state index contributed by atoms with van der Waals surface area (Å²) in [6.45, 7) is 1.38. The van der Waals surface area contributed by atoms with Gasteiger partial charge in [-0.1, -0.05) is 0 Å². The minimum atomic E-state index is -0.288. The van der Waals surface area contributed by atoms with Gasteiger partial charge < -0.3 is 9.53 Å². The highest BCUT2D eigenvalue weighted by atomic mass is 16.5. The summed E-state index contributed by atoms with van der Waals surface area (Å²) >= 11 is 0. The fraction of sp³-hybridized carbons (Fsp3) is 0.750. The summed E-state index contributed by atoms with van der Waals surface area (Å²) in [6, 6.07) is 0. The van der Waals surface area contributed by atoms with Crippen molar-refractivity contribution < 1.29 is 14.3 Å². The zero-order valence-electron chi connectivity index (χ0n) is 6.58. The predicted octanol–water partition coefficient (Wildman–Crippen LogP) is 0.917. The first-order valence-corrected chi connectivity index (χ1v) is 3.86. The number of hydrogen-bond acceptors (Lipinski definition) is 3. The molecule has 2 atom stereocenters. The van der Waals surface area contributed by atoms with Gasteiger partial charge in [-0.3, -0.25) is 4.79 Å². The van der Waals surface area contributed by atoms with Crippen LogP contribution in [-0.4, -0.2) is 18.4 Å². The van der Waals surface area contributed by atoms with Crippen LogP contribution in [0.5, 0.6) is 0 Å². The summed E-state index contributed by atoms with van der Waals surface area (Å²) < 4.78 is 4.94. The Hall–Kier alpha value is -0.860. The van der Waals surface area contributed by atoms with Gasteiger partial charge in [-0.15, -0.1) is 0 Å². The van der Waals surface area contributed by atoms with Crippen molar-refractivity contribution in [1.82, 2.24) is 0 Å². The van der Waals surface area contributed by atoms with Crippen LogP contribution in [0.15, 0.2) is 0 Å². The van der Waals surface area contributed by atoms with E-state index in [1.54, 1.807) is 0 Å². The van der Waals surface area contributed by atoms with Crippen LogP contribution >= 0.6 is 0 Å². The Morgan fingerprint density at radius 1 is 1.55 bits per heavy atom. The predicted molar refractivity (Wildman–Crippen MR) is 39.0 cm³/mol. The highest BCUT2D eigenvalue weighted by Gasteiger charge is 2.28. The molecule has 0 radical (unpaired) electrons. The molecule has 0 aromatic carbocycles. The van der Waals surface area contributed by atoms with Crippen molar-refractivity contribution in [3.8, 4) is 0 Å². The van der Waals surface area contributed by atoms with Gasteiger partial charge in [-0.2, -0.15) is 0 Å². The van der Waals surface area contributed by atoms with E-state index in [-0.39, 0.29) is 18.0 Å². The second-order valence-corrected chi connectivity index (χ2v) is 2.88. The standard InChI is InChI=1S/C8H12O3/c1-6(10)11-8-4-2-3-7(8)5-9/h5,7-8H,2-4H2,1H3. The zero-order valence-corrected chi connectivity index (χ0v) is 6.58. The maximum absolute atomic E-state index is 10.5. The molecule has 1 aliphatic rings. The Balaban J connectivity index is 2.43. The zero-order chi connectivity index (χ0) is 8.27. The van der Waals surface area contributed by atoms with E-state index in [0.29, 0.717) is 0 Å². The molecule has 1 rings (SSSR count). The van der Waals surface area contributed by atoms with E-state index in [9.17, 15) is 9.59 Å². The fourth-order valence-corrected chi connectivity index (χ4v) is 1.47. The normalized spacial score (nSPS) is 29.9. The van der Waals surface area contributed by atoms with Gasteiger partial charge in [0.2, 0.25) is 0 Å². The van der Waals surface area contributed by atoms with Gasteiger partial charge in [-0.25, -0.2) is 0 Å². The van der Waals surface area contributed by atoms with Gasteiger partial charge in [0, 0.05) is 6.92 Å². The van der Waals surface area contributed by atoms with Crippen LogP contribution in [-0.2, 0) is 14.3 Å². The van der Waals surface area contributed by atoms with Crippen molar-refractivity contribution in [2.24, 2.45) is 5.92 Å². The van der Waals surface area contributed by atoms with Crippen LogP contribution in [0.25, 0.3) is 0 Å². The lowest BCUT2D eigenvalue weighted by Gasteiger charge is -2.13. The molecule has 0 amide bonds. The second kappa shape index (κ2) is 3.51. The smallest absolute Gasteiger partial charge is 0.302 e. The first kappa shape index (κ1) is 8.24. The quantitative estimate of drug-likeness (QED) is 0.441. The summed E-state index contributed by atoms with van der Waals surface area (Å²) in [7, 11) is 0. The Bertz CT molecular complexity index is 165. The van der Waals surface area contributed by atoms with E-state index in [0.717, 1.165) is 25.5 Å². The lowest BCUT2D eigenvalue weighted by molar-refractivity contribution is -0.148. The molecule has 3 heteroatoms. The van der Waals surface area contributed by atoms with E-state index in [2.05, 4.69) is 0 Å². The Labute approximate surface area is 65.7 Å². The van der Waals surface area contributed by atoms with Crippen LogP contribution in [0.2, 0.25) is 0 Å². The number of aldehydes is 1. The van der Waals surface area contributed by atoms with Gasteiger partial charge in [0.05, 0.1) is 5.92 Å². The molecule has 1 saturated carbocycles. The summed E-state index contributed by atoms with van der Waals surface area (Å²) in [6.07, 6.45) is 3.43. The number of carbonyl (C=O) groups excluding carboxylic acids is 2. The Kier molecular flexibility index (Phi) is 2.63. The maximum atomic E-state index is 10.5. The van der Waals surface area contributed by atoms with E-state index >= 15 is 0 Å². The van der Waals surface area contributed by atoms with Crippen LogP contribution in [0, 0.1) is 5.92 Å². The molecule has 1 fully saturated rings. The van der Waals surface area contributed by atoms with Crippen LogP contribution in [0.1, 0.15) is 26.2 Å². The van der Waals surface area contributed by atoms with E-state index in [4.69, 9.17) is 4.74 Å². The molecular weight excluding hydrogens is 144 g/mol. The molecule has 3 nitrogen and oxygen atoms in total. The molecule has 62 valence electrons. The average Bonchev–Trinajstić information content (AvgIpc) is 2.34. The molecule has 0 aromatic rings. The average molecular weight is 156 g/mol. The molecular formula is C8H12O3. The minimum Gasteiger partial charge on any atom is -0.462 e. The van der Waals surface area contributed by atoms with E-state index < -0.39 is 0 Å². The van der Waals surface area contributed by atoms with Crippen molar-refractivity contribution in [1.29, 1.82) is 0 Å². The van der Waals surface area contributed by atoms with Crippen LogP contribution in [0.4, 0.5) is 0 Å². The number of carbonyl (C=O) groups is 2. The third-order valence-electron chi connectivity index (χ3n) is 2.00. The molecule has 0 aliphatic heterocycles. The van der Waals surface area contributed by atoms with E-state index in [1.165, 1.54) is 6.92 Å². The monoisotopic (exact) mass is 156 g/mol. The van der Waals surface area contributed by atoms with Gasteiger partial charge in [0.25, 0.3) is 0 Å². The first-order chi connectivity index (χ1) is 5.24. The lowest BCUT2D eigenvalue weighted by atomic mass is 10.1. The second-order valence-electron chi connectivity index (χ2n) is 2.88. The van der Waals surface area contributed by atoms with Crippen LogP contribution in [0.3, 0.4) is 0 Å². The largest absolute Gasteiger partial charge is 0.462 e. The fourth-order valence-electron chi connectivity index (χ4n) is 1.47. The SMILES string of the molecule is CC(=O)OC1CCCC1C=O. The van der Waals surface area contributed by atoms with Gasteiger partial charge in [-0.05, 0) is 19.3 Å². The molecule has 1 aliphatic carbocycles. The Morgan fingerprint density at radius 3 is 2.82 bits per heavy atom. The number of hydrogen-bond donors (Lipinski definition) is 0. The topological polar surface area (TPSA) is 43.4 Å². The maximum Gasteiger partial charge on any atom is 0.302 e. The summed E-state index contributed by atoms with van der Waals surface area (Å²) in [5.74, 6) is -0.345. The molecule has 0 spiro atoms. The van der Waals surface area contributed by atoms with Gasteiger partial charge in [0.1, 0.15) is 12.4 Å². The van der Waals surface area contributed by atoms with Gasteiger partial charge in [0.15, 0.2) is 0 Å². The first-order valence-electron chi connectivity index (χ1n) is 3.86. The minimum absolute atomic E-state index is 0.0566. The molecule has 2 unspecified atom stereocenters. The summed E-state index contributed by atoms with van der Waals surface area (Å²) in [5, 5.41) is 0. The third kappa shape index (κ3) is 2.03. The van der Waals surface area contributed by atoms with Crippen molar-refractivity contribution in [3.05, 3.63) is 0 Å². The lowest BCUT2D eigenvalue weighted by Crippen LogP contribution is -2.21. The summed E-state index contributed by atoms with van der Waals surface area (Å²) in [4.78, 5) is 20.9. The van der Waals surface area contributed by atoms with Gasteiger partial charge >= 0.3 is 5.97 Å². The number of ether oxygens (including phenoxy) is 1. The highest BCUT2D eigenvalue weighted by molar-refractivity contribution is 5.67. The molecule has 0 N–H and O–H groups in total. The molecule has 0 saturated heterocycles.